The van der Waals surface area contributed by atoms with Gasteiger partial charge in [0.05, 0.1) is 4.75 Å². The summed E-state index contributed by atoms with van der Waals surface area (Å²) in [5.41, 5.74) is 2.19. The van der Waals surface area contributed by atoms with Crippen molar-refractivity contribution < 1.29 is 4.21 Å². The lowest BCUT2D eigenvalue weighted by molar-refractivity contribution is 0.597. The summed E-state index contributed by atoms with van der Waals surface area (Å²) in [4.78, 5) is 0. The highest BCUT2D eigenvalue weighted by Crippen LogP contribution is 2.28. The fraction of sp³-hybridized carbons (Fsp3) is 0.263. The molecule has 0 radical (unpaired) electrons. The van der Waals surface area contributed by atoms with Crippen molar-refractivity contribution in [2.24, 2.45) is 0 Å². The highest BCUT2D eigenvalue weighted by Gasteiger charge is 2.29. The topological polar surface area (TPSA) is 29.1 Å². The summed E-state index contributed by atoms with van der Waals surface area (Å²) in [5.74, 6) is 0. The quantitative estimate of drug-likeness (QED) is 0.750. The zero-order chi connectivity index (χ0) is 16.0. The third-order valence-corrected chi connectivity index (χ3v) is 5.45. The molecule has 0 saturated carbocycles. The standard InChI is InChI=1S/C19H23NOS/c1-4-11-18(16-12-7-5-8-13-16)20-22(21)19(2,3)17-14-9-6-10-15-17/h4-10,12-15,18,20H,1,11H2,2-3H3/t18-,22+/m0/s1. The molecule has 0 aromatic heterocycles. The molecule has 0 heterocycles. The molecule has 0 spiro atoms. The molecule has 0 aliphatic rings. The van der Waals surface area contributed by atoms with E-state index in [1.54, 1.807) is 0 Å². The predicted molar refractivity (Wildman–Crippen MR) is 94.7 cm³/mol. The second kappa shape index (κ2) is 7.52. The van der Waals surface area contributed by atoms with Gasteiger partial charge in [-0.1, -0.05) is 66.7 Å². The highest BCUT2D eigenvalue weighted by atomic mass is 32.2. The van der Waals surface area contributed by atoms with E-state index in [1.165, 1.54) is 0 Å². The van der Waals surface area contributed by atoms with E-state index in [0.29, 0.717) is 0 Å². The summed E-state index contributed by atoms with van der Waals surface area (Å²) in [6, 6.07) is 20.1. The minimum atomic E-state index is -1.21. The maximum absolute atomic E-state index is 12.9. The second-order valence-electron chi connectivity index (χ2n) is 5.75. The van der Waals surface area contributed by atoms with Gasteiger partial charge in [-0.3, -0.25) is 0 Å². The van der Waals surface area contributed by atoms with Crippen LogP contribution in [0.3, 0.4) is 0 Å². The number of benzene rings is 2. The Hall–Kier alpha value is -1.71. The van der Waals surface area contributed by atoms with Gasteiger partial charge >= 0.3 is 0 Å². The van der Waals surface area contributed by atoms with Gasteiger partial charge in [0.1, 0.15) is 11.0 Å². The van der Waals surface area contributed by atoms with Crippen molar-refractivity contribution in [3.8, 4) is 0 Å². The number of rotatable bonds is 7. The lowest BCUT2D eigenvalue weighted by Gasteiger charge is -2.28. The van der Waals surface area contributed by atoms with Crippen LogP contribution in [0, 0.1) is 0 Å². The van der Waals surface area contributed by atoms with Gasteiger partial charge < -0.3 is 0 Å². The average Bonchev–Trinajstić information content (AvgIpc) is 2.56. The van der Waals surface area contributed by atoms with Crippen LogP contribution in [0.2, 0.25) is 0 Å². The predicted octanol–water partition coefficient (Wildman–Crippen LogP) is 4.49. The van der Waals surface area contributed by atoms with E-state index < -0.39 is 15.7 Å². The summed E-state index contributed by atoms with van der Waals surface area (Å²) < 4.78 is 15.7. The minimum Gasteiger partial charge on any atom is -0.242 e. The van der Waals surface area contributed by atoms with Crippen LogP contribution in [-0.4, -0.2) is 4.21 Å². The van der Waals surface area contributed by atoms with Gasteiger partial charge in [0.2, 0.25) is 0 Å². The van der Waals surface area contributed by atoms with Crippen molar-refractivity contribution in [2.45, 2.75) is 31.1 Å². The van der Waals surface area contributed by atoms with Crippen molar-refractivity contribution in [3.05, 3.63) is 84.4 Å². The molecule has 0 amide bonds. The third kappa shape index (κ3) is 3.93. The monoisotopic (exact) mass is 313 g/mol. The average molecular weight is 313 g/mol. The van der Waals surface area contributed by atoms with Gasteiger partial charge in [-0.2, -0.15) is 0 Å². The lowest BCUT2D eigenvalue weighted by Crippen LogP contribution is -2.36. The van der Waals surface area contributed by atoms with Crippen LogP contribution < -0.4 is 4.72 Å². The van der Waals surface area contributed by atoms with E-state index in [4.69, 9.17) is 0 Å². The molecule has 1 N–H and O–H groups in total. The maximum atomic E-state index is 12.9. The summed E-state index contributed by atoms with van der Waals surface area (Å²) in [7, 11) is -1.21. The van der Waals surface area contributed by atoms with Crippen molar-refractivity contribution in [3.63, 3.8) is 0 Å². The minimum absolute atomic E-state index is 0.00233. The summed E-state index contributed by atoms with van der Waals surface area (Å²) in [6.07, 6.45) is 2.60. The first-order valence-electron chi connectivity index (χ1n) is 7.45. The van der Waals surface area contributed by atoms with Crippen LogP contribution >= 0.6 is 0 Å². The molecule has 2 nitrogen and oxygen atoms in total. The van der Waals surface area contributed by atoms with E-state index in [9.17, 15) is 4.21 Å². The van der Waals surface area contributed by atoms with Crippen LogP contribution in [0.25, 0.3) is 0 Å². The third-order valence-electron chi connectivity index (χ3n) is 3.79. The molecule has 0 unspecified atom stereocenters. The normalized spacial score (nSPS) is 14.3. The van der Waals surface area contributed by atoms with Gasteiger partial charge in [0.15, 0.2) is 0 Å². The molecule has 0 saturated heterocycles. The van der Waals surface area contributed by atoms with Gasteiger partial charge in [-0.15, -0.1) is 6.58 Å². The SMILES string of the molecule is C=CC[C@H](N[S@](=O)C(C)(C)c1ccccc1)c1ccccc1. The van der Waals surface area contributed by atoms with Gasteiger partial charge in [-0.05, 0) is 31.4 Å². The molecule has 0 aliphatic carbocycles. The first-order valence-corrected chi connectivity index (χ1v) is 8.60. The van der Waals surface area contributed by atoms with E-state index >= 15 is 0 Å². The van der Waals surface area contributed by atoms with Crippen molar-refractivity contribution >= 4 is 11.0 Å². The van der Waals surface area contributed by atoms with Gasteiger partial charge in [0, 0.05) is 6.04 Å². The van der Waals surface area contributed by atoms with Crippen LogP contribution in [0.5, 0.6) is 0 Å². The largest absolute Gasteiger partial charge is 0.242 e. The molecule has 0 bridgehead atoms. The smallest absolute Gasteiger partial charge is 0.102 e. The zero-order valence-corrected chi connectivity index (χ0v) is 14.0. The number of hydrogen-bond acceptors (Lipinski definition) is 1. The Kier molecular flexibility index (Phi) is 5.69. The summed E-state index contributed by atoms with van der Waals surface area (Å²) >= 11 is 0. The van der Waals surface area contributed by atoms with Crippen molar-refractivity contribution in [2.75, 3.05) is 0 Å². The Morgan fingerprint density at radius 2 is 1.64 bits per heavy atom. The van der Waals surface area contributed by atoms with Crippen LogP contribution in [0.4, 0.5) is 0 Å². The fourth-order valence-corrected chi connectivity index (χ4v) is 3.46. The molecule has 2 atom stereocenters. The van der Waals surface area contributed by atoms with Crippen LogP contribution in [0.15, 0.2) is 73.3 Å². The van der Waals surface area contributed by atoms with E-state index in [-0.39, 0.29) is 6.04 Å². The summed E-state index contributed by atoms with van der Waals surface area (Å²) in [6.45, 7) is 7.82. The zero-order valence-electron chi connectivity index (χ0n) is 13.2. The Morgan fingerprint density at radius 1 is 1.09 bits per heavy atom. The second-order valence-corrected chi connectivity index (χ2v) is 7.54. The Balaban J connectivity index is 2.19. The number of nitrogens with one attached hydrogen (secondary N) is 1. The van der Waals surface area contributed by atoms with Crippen LogP contribution in [-0.2, 0) is 15.7 Å². The molecule has 22 heavy (non-hydrogen) atoms. The molecule has 0 fully saturated rings. The molecule has 2 aromatic rings. The molecule has 3 heteroatoms. The van der Waals surface area contributed by atoms with Crippen molar-refractivity contribution in [1.29, 1.82) is 0 Å². The first kappa shape index (κ1) is 16.7. The van der Waals surface area contributed by atoms with Crippen molar-refractivity contribution in [1.82, 2.24) is 4.72 Å². The Bertz CT molecular complexity index is 622. The van der Waals surface area contributed by atoms with E-state index in [1.807, 2.05) is 80.6 Å². The Labute approximate surface area is 135 Å². The Morgan fingerprint density at radius 3 is 2.18 bits per heavy atom. The first-order chi connectivity index (χ1) is 10.6. The molecule has 2 aromatic carbocycles. The molecule has 0 aliphatic heterocycles. The van der Waals surface area contributed by atoms with Gasteiger partial charge in [0.25, 0.3) is 0 Å². The molecular weight excluding hydrogens is 290 g/mol. The molecular formula is C19H23NOS. The maximum Gasteiger partial charge on any atom is 0.102 e. The van der Waals surface area contributed by atoms with E-state index in [0.717, 1.165) is 17.5 Å². The number of hydrogen-bond donors (Lipinski definition) is 1. The van der Waals surface area contributed by atoms with Crippen LogP contribution in [0.1, 0.15) is 37.4 Å². The molecule has 116 valence electrons. The fourth-order valence-electron chi connectivity index (χ4n) is 2.33. The highest BCUT2D eigenvalue weighted by molar-refractivity contribution is 7.84. The summed E-state index contributed by atoms with van der Waals surface area (Å²) in [5, 5.41) is 0. The van der Waals surface area contributed by atoms with Gasteiger partial charge in [-0.25, -0.2) is 8.93 Å². The molecule has 2 rings (SSSR count). The van der Waals surface area contributed by atoms with E-state index in [2.05, 4.69) is 11.3 Å². The lowest BCUT2D eigenvalue weighted by atomic mass is 10.0.